The maximum absolute atomic E-state index is 11.8. The molecule has 0 fully saturated rings. The van der Waals surface area contributed by atoms with Gasteiger partial charge in [0.15, 0.2) is 11.8 Å². The van der Waals surface area contributed by atoms with Crippen molar-refractivity contribution < 1.29 is 9.53 Å². The smallest absolute Gasteiger partial charge is 0.241 e. The molecule has 0 bridgehead atoms. The number of aryl methyl sites for hydroxylation is 1. The van der Waals surface area contributed by atoms with Crippen LogP contribution >= 0.6 is 24.0 Å². The van der Waals surface area contributed by atoms with Crippen molar-refractivity contribution in [3.63, 3.8) is 0 Å². The molecule has 0 saturated carbocycles. The fourth-order valence-corrected chi connectivity index (χ4v) is 2.70. The number of nitrogens with one attached hydrogen (secondary N) is 3. The maximum Gasteiger partial charge on any atom is 0.241 e. The van der Waals surface area contributed by atoms with E-state index in [1.54, 1.807) is 7.11 Å². The molecular formula is C17H32IN7O2. The molecule has 1 atom stereocenters. The highest BCUT2D eigenvalue weighted by molar-refractivity contribution is 14.0. The number of rotatable bonds is 8. The fourth-order valence-electron chi connectivity index (χ4n) is 2.70. The Labute approximate surface area is 178 Å². The van der Waals surface area contributed by atoms with Crippen LogP contribution < -0.4 is 16.0 Å². The van der Waals surface area contributed by atoms with E-state index in [1.165, 1.54) is 0 Å². The molecule has 1 aromatic heterocycles. The van der Waals surface area contributed by atoms with Gasteiger partial charge in [0, 0.05) is 38.6 Å². The van der Waals surface area contributed by atoms with Crippen LogP contribution in [-0.2, 0) is 22.5 Å². The second kappa shape index (κ2) is 12.1. The predicted octanol–water partition coefficient (Wildman–Crippen LogP) is 0.652. The molecule has 2 rings (SSSR count). The first-order valence-electron chi connectivity index (χ1n) is 9.27. The molecule has 1 aliphatic heterocycles. The Morgan fingerprint density at radius 3 is 2.85 bits per heavy atom. The van der Waals surface area contributed by atoms with Crippen LogP contribution in [0.2, 0.25) is 0 Å². The van der Waals surface area contributed by atoms with Crippen molar-refractivity contribution in [1.82, 2.24) is 30.7 Å². The number of ether oxygens (including phenoxy) is 1. The minimum Gasteiger partial charge on any atom is -0.383 e. The number of fused-ring (bicyclic) bond motifs is 1. The van der Waals surface area contributed by atoms with Crippen LogP contribution in [0.1, 0.15) is 44.8 Å². The molecule has 3 N–H and O–H groups in total. The van der Waals surface area contributed by atoms with E-state index in [0.29, 0.717) is 25.0 Å². The van der Waals surface area contributed by atoms with E-state index in [2.05, 4.69) is 44.9 Å². The average Bonchev–Trinajstić information content (AvgIpc) is 3.04. The Morgan fingerprint density at radius 1 is 1.41 bits per heavy atom. The van der Waals surface area contributed by atoms with Crippen molar-refractivity contribution in [2.24, 2.45) is 4.99 Å². The van der Waals surface area contributed by atoms with Gasteiger partial charge in [-0.2, -0.15) is 5.10 Å². The second-order valence-electron chi connectivity index (χ2n) is 6.64. The second-order valence-corrected chi connectivity index (χ2v) is 6.64. The summed E-state index contributed by atoms with van der Waals surface area (Å²) in [6, 6.07) is 0.207. The van der Waals surface area contributed by atoms with Gasteiger partial charge in [-0.05, 0) is 13.3 Å². The van der Waals surface area contributed by atoms with Crippen LogP contribution in [0.3, 0.4) is 0 Å². The third kappa shape index (κ3) is 7.60. The zero-order valence-electron chi connectivity index (χ0n) is 16.6. The van der Waals surface area contributed by atoms with Gasteiger partial charge in [-0.1, -0.05) is 13.8 Å². The summed E-state index contributed by atoms with van der Waals surface area (Å²) in [6.45, 7) is 8.75. The molecule has 9 nitrogen and oxygen atoms in total. The van der Waals surface area contributed by atoms with Crippen molar-refractivity contribution in [3.8, 4) is 0 Å². The number of guanidine groups is 1. The zero-order valence-corrected chi connectivity index (χ0v) is 18.9. The van der Waals surface area contributed by atoms with E-state index in [0.717, 1.165) is 37.6 Å². The average molecular weight is 493 g/mol. The molecule has 0 spiro atoms. The van der Waals surface area contributed by atoms with Gasteiger partial charge < -0.3 is 20.7 Å². The molecule has 1 amide bonds. The number of halogens is 1. The topological polar surface area (TPSA) is 105 Å². The van der Waals surface area contributed by atoms with Crippen molar-refractivity contribution in [2.75, 3.05) is 33.4 Å². The molecule has 0 aliphatic carbocycles. The Hall–Kier alpha value is -1.43. The molecule has 0 saturated heterocycles. The number of carbonyl (C=O) groups excluding carboxylic acids is 1. The molecule has 1 aromatic rings. The standard InChI is InChI=1S/C17H31N7O2.HI/c1-5-18-17(20-10-15(25)19-8-9-26-4)21-13-6-7-14-22-16(12(2)3)23-24(14)11-13;/h12-13H,5-11H2,1-4H3,(H,19,25)(H2,18,20,21);1H. The van der Waals surface area contributed by atoms with Crippen molar-refractivity contribution in [3.05, 3.63) is 11.6 Å². The molecule has 2 heterocycles. The first kappa shape index (κ1) is 23.6. The number of nitrogens with zero attached hydrogens (tertiary/aromatic N) is 4. The van der Waals surface area contributed by atoms with Crippen molar-refractivity contribution in [1.29, 1.82) is 0 Å². The van der Waals surface area contributed by atoms with Gasteiger partial charge in [0.1, 0.15) is 12.4 Å². The highest BCUT2D eigenvalue weighted by atomic mass is 127. The van der Waals surface area contributed by atoms with Gasteiger partial charge in [0.2, 0.25) is 5.91 Å². The third-order valence-electron chi connectivity index (χ3n) is 4.09. The van der Waals surface area contributed by atoms with E-state index in [-0.39, 0.29) is 42.5 Å². The van der Waals surface area contributed by atoms with Gasteiger partial charge in [-0.25, -0.2) is 14.7 Å². The van der Waals surface area contributed by atoms with Crippen LogP contribution in [0.5, 0.6) is 0 Å². The lowest BCUT2D eigenvalue weighted by atomic mass is 10.1. The predicted molar refractivity (Wildman–Crippen MR) is 116 cm³/mol. The lowest BCUT2D eigenvalue weighted by Gasteiger charge is -2.25. The summed E-state index contributed by atoms with van der Waals surface area (Å²) < 4.78 is 6.90. The Bertz CT molecular complexity index is 618. The van der Waals surface area contributed by atoms with Gasteiger partial charge in [-0.3, -0.25) is 4.79 Å². The number of aromatic nitrogens is 3. The normalized spacial score (nSPS) is 16.5. The summed E-state index contributed by atoms with van der Waals surface area (Å²) in [5.74, 6) is 2.80. The molecule has 10 heteroatoms. The van der Waals surface area contributed by atoms with Gasteiger partial charge in [0.25, 0.3) is 0 Å². The lowest BCUT2D eigenvalue weighted by Crippen LogP contribution is -2.47. The number of amides is 1. The highest BCUT2D eigenvalue weighted by Gasteiger charge is 2.23. The molecular weight excluding hydrogens is 461 g/mol. The summed E-state index contributed by atoms with van der Waals surface area (Å²) in [7, 11) is 1.60. The third-order valence-corrected chi connectivity index (χ3v) is 4.09. The van der Waals surface area contributed by atoms with Crippen molar-refractivity contribution in [2.45, 2.75) is 52.1 Å². The van der Waals surface area contributed by atoms with E-state index in [1.807, 2.05) is 11.6 Å². The minimum atomic E-state index is -0.122. The molecule has 1 aliphatic rings. The summed E-state index contributed by atoms with van der Waals surface area (Å²) in [5, 5.41) is 14.0. The van der Waals surface area contributed by atoms with Crippen molar-refractivity contribution >= 4 is 35.8 Å². The van der Waals surface area contributed by atoms with E-state index < -0.39 is 0 Å². The quantitative estimate of drug-likeness (QED) is 0.213. The Morgan fingerprint density at radius 2 is 2.19 bits per heavy atom. The molecule has 154 valence electrons. The van der Waals surface area contributed by atoms with Crippen LogP contribution in [-0.4, -0.2) is 66.0 Å². The number of hydrogen-bond acceptors (Lipinski definition) is 5. The summed E-state index contributed by atoms with van der Waals surface area (Å²) >= 11 is 0. The van der Waals surface area contributed by atoms with E-state index in [9.17, 15) is 4.79 Å². The summed E-state index contributed by atoms with van der Waals surface area (Å²) in [5.41, 5.74) is 0. The van der Waals surface area contributed by atoms with Crippen LogP contribution in [0, 0.1) is 0 Å². The lowest BCUT2D eigenvalue weighted by molar-refractivity contribution is -0.119. The van der Waals surface area contributed by atoms with Gasteiger partial charge >= 0.3 is 0 Å². The minimum absolute atomic E-state index is 0. The van der Waals surface area contributed by atoms with Crippen LogP contribution in [0.15, 0.2) is 4.99 Å². The molecule has 0 radical (unpaired) electrons. The Kier molecular flexibility index (Phi) is 10.6. The molecule has 27 heavy (non-hydrogen) atoms. The fraction of sp³-hybridized carbons (Fsp3) is 0.765. The van der Waals surface area contributed by atoms with Gasteiger partial charge in [-0.15, -0.1) is 24.0 Å². The van der Waals surface area contributed by atoms with E-state index >= 15 is 0 Å². The summed E-state index contributed by atoms with van der Waals surface area (Å²) in [6.07, 6.45) is 1.84. The van der Waals surface area contributed by atoms with E-state index in [4.69, 9.17) is 4.74 Å². The highest BCUT2D eigenvalue weighted by Crippen LogP contribution is 2.16. The number of aliphatic imine (C=N–C) groups is 1. The first-order chi connectivity index (χ1) is 12.5. The monoisotopic (exact) mass is 493 g/mol. The number of carbonyl (C=O) groups is 1. The van der Waals surface area contributed by atoms with Crippen LogP contribution in [0.4, 0.5) is 0 Å². The largest absolute Gasteiger partial charge is 0.383 e. The molecule has 1 unspecified atom stereocenters. The first-order valence-corrected chi connectivity index (χ1v) is 9.27. The maximum atomic E-state index is 11.8. The number of methoxy groups -OCH3 is 1. The molecule has 0 aromatic carbocycles. The number of hydrogen-bond donors (Lipinski definition) is 3. The SMILES string of the molecule is CCNC(=NCC(=O)NCCOC)NC1CCc2nc(C(C)C)nn2C1.I. The van der Waals surface area contributed by atoms with Gasteiger partial charge in [0.05, 0.1) is 13.2 Å². The Balaban J connectivity index is 0.00000364. The van der Waals surface area contributed by atoms with Crippen LogP contribution in [0.25, 0.3) is 0 Å². The zero-order chi connectivity index (χ0) is 18.9. The summed E-state index contributed by atoms with van der Waals surface area (Å²) in [4.78, 5) is 20.8.